The predicted octanol–water partition coefficient (Wildman–Crippen LogP) is 3.07. The summed E-state index contributed by atoms with van der Waals surface area (Å²) in [5.74, 6) is 2.15. The van der Waals surface area contributed by atoms with Crippen molar-refractivity contribution in [2.75, 3.05) is 18.2 Å². The van der Waals surface area contributed by atoms with Crippen LogP contribution in [0.5, 0.6) is 11.5 Å². The van der Waals surface area contributed by atoms with Gasteiger partial charge < -0.3 is 20.5 Å². The summed E-state index contributed by atoms with van der Waals surface area (Å²) in [5, 5.41) is 3.27. The third-order valence-electron chi connectivity index (χ3n) is 2.89. The van der Waals surface area contributed by atoms with Crippen LogP contribution in [0.2, 0.25) is 0 Å². The van der Waals surface area contributed by atoms with Crippen LogP contribution in [0.4, 0.5) is 11.5 Å². The van der Waals surface area contributed by atoms with Gasteiger partial charge in [-0.2, -0.15) is 0 Å². The van der Waals surface area contributed by atoms with Gasteiger partial charge in [-0.1, -0.05) is 6.07 Å². The van der Waals surface area contributed by atoms with Crippen LogP contribution in [0.1, 0.15) is 19.4 Å². The SMILES string of the molecule is COc1ccc(CNc2ncccc2OC(C)C)cc1N. The summed E-state index contributed by atoms with van der Waals surface area (Å²) in [6.45, 7) is 4.58. The van der Waals surface area contributed by atoms with Gasteiger partial charge in [0, 0.05) is 12.7 Å². The molecule has 1 aromatic carbocycles. The molecule has 0 bridgehead atoms. The van der Waals surface area contributed by atoms with E-state index in [1.54, 1.807) is 13.3 Å². The molecule has 0 aliphatic carbocycles. The molecule has 1 heterocycles. The van der Waals surface area contributed by atoms with Crippen molar-refractivity contribution >= 4 is 11.5 Å². The third kappa shape index (κ3) is 4.02. The molecule has 0 fully saturated rings. The van der Waals surface area contributed by atoms with Crippen LogP contribution in [0, 0.1) is 0 Å². The summed E-state index contributed by atoms with van der Waals surface area (Å²) in [6.07, 6.45) is 1.84. The molecule has 0 saturated carbocycles. The molecular formula is C16H21N3O2. The van der Waals surface area contributed by atoms with E-state index in [1.165, 1.54) is 0 Å². The van der Waals surface area contributed by atoms with Gasteiger partial charge in [0.15, 0.2) is 11.6 Å². The third-order valence-corrected chi connectivity index (χ3v) is 2.89. The largest absolute Gasteiger partial charge is 0.495 e. The highest BCUT2D eigenvalue weighted by Crippen LogP contribution is 2.25. The number of nitrogen functional groups attached to an aromatic ring is 1. The van der Waals surface area contributed by atoms with Crippen molar-refractivity contribution in [3.8, 4) is 11.5 Å². The quantitative estimate of drug-likeness (QED) is 0.799. The van der Waals surface area contributed by atoms with Crippen molar-refractivity contribution < 1.29 is 9.47 Å². The lowest BCUT2D eigenvalue weighted by Crippen LogP contribution is -2.09. The normalized spacial score (nSPS) is 10.5. The number of methoxy groups -OCH3 is 1. The second-order valence-corrected chi connectivity index (χ2v) is 4.95. The van der Waals surface area contributed by atoms with Gasteiger partial charge in [-0.3, -0.25) is 0 Å². The second kappa shape index (κ2) is 6.83. The van der Waals surface area contributed by atoms with Crippen LogP contribution in [0.15, 0.2) is 36.5 Å². The zero-order valence-electron chi connectivity index (χ0n) is 12.6. The van der Waals surface area contributed by atoms with Gasteiger partial charge in [-0.05, 0) is 43.7 Å². The highest BCUT2D eigenvalue weighted by molar-refractivity contribution is 5.55. The van der Waals surface area contributed by atoms with E-state index < -0.39 is 0 Å². The second-order valence-electron chi connectivity index (χ2n) is 4.95. The molecular weight excluding hydrogens is 266 g/mol. The fraction of sp³-hybridized carbons (Fsp3) is 0.312. The van der Waals surface area contributed by atoms with Gasteiger partial charge in [0.25, 0.3) is 0 Å². The number of anilines is 2. The van der Waals surface area contributed by atoms with E-state index >= 15 is 0 Å². The van der Waals surface area contributed by atoms with Crippen LogP contribution < -0.4 is 20.5 Å². The van der Waals surface area contributed by atoms with Gasteiger partial charge >= 0.3 is 0 Å². The first kappa shape index (κ1) is 15.0. The van der Waals surface area contributed by atoms with E-state index in [1.807, 2.05) is 44.2 Å². The summed E-state index contributed by atoms with van der Waals surface area (Å²) in [5.41, 5.74) is 7.58. The molecule has 0 spiro atoms. The average molecular weight is 287 g/mol. The Morgan fingerprint density at radius 3 is 2.71 bits per heavy atom. The van der Waals surface area contributed by atoms with E-state index in [0.717, 1.165) is 17.1 Å². The molecule has 5 heteroatoms. The Balaban J connectivity index is 2.08. The average Bonchev–Trinajstić information content (AvgIpc) is 2.46. The molecule has 0 saturated heterocycles. The number of nitrogens with zero attached hydrogens (tertiary/aromatic N) is 1. The number of benzene rings is 1. The number of hydrogen-bond acceptors (Lipinski definition) is 5. The maximum atomic E-state index is 5.90. The molecule has 2 rings (SSSR count). The number of pyridine rings is 1. The molecule has 21 heavy (non-hydrogen) atoms. The summed E-state index contributed by atoms with van der Waals surface area (Å²) in [7, 11) is 1.60. The molecule has 0 aliphatic heterocycles. The molecule has 112 valence electrons. The van der Waals surface area contributed by atoms with Crippen LogP contribution in [0.3, 0.4) is 0 Å². The Labute approximate surface area is 125 Å². The minimum Gasteiger partial charge on any atom is -0.495 e. The van der Waals surface area contributed by atoms with Crippen molar-refractivity contribution in [2.24, 2.45) is 0 Å². The maximum absolute atomic E-state index is 5.90. The van der Waals surface area contributed by atoms with Crippen LogP contribution in [-0.2, 0) is 6.54 Å². The van der Waals surface area contributed by atoms with Crippen molar-refractivity contribution in [3.05, 3.63) is 42.1 Å². The van der Waals surface area contributed by atoms with Crippen molar-refractivity contribution in [3.63, 3.8) is 0 Å². The molecule has 0 amide bonds. The first-order chi connectivity index (χ1) is 10.1. The van der Waals surface area contributed by atoms with Gasteiger partial charge in [0.05, 0.1) is 18.9 Å². The molecule has 0 radical (unpaired) electrons. The van der Waals surface area contributed by atoms with Gasteiger partial charge in [-0.15, -0.1) is 0 Å². The zero-order chi connectivity index (χ0) is 15.2. The Bertz CT molecular complexity index is 600. The highest BCUT2D eigenvalue weighted by atomic mass is 16.5. The van der Waals surface area contributed by atoms with Crippen molar-refractivity contribution in [2.45, 2.75) is 26.5 Å². The van der Waals surface area contributed by atoms with Crippen LogP contribution in [-0.4, -0.2) is 18.2 Å². The van der Waals surface area contributed by atoms with Crippen molar-refractivity contribution in [1.82, 2.24) is 4.98 Å². The van der Waals surface area contributed by atoms with E-state index in [2.05, 4.69) is 10.3 Å². The van der Waals surface area contributed by atoms with Crippen LogP contribution >= 0.6 is 0 Å². The minimum absolute atomic E-state index is 0.103. The summed E-state index contributed by atoms with van der Waals surface area (Å²) in [6, 6.07) is 9.47. The number of nitrogens with one attached hydrogen (secondary N) is 1. The summed E-state index contributed by atoms with van der Waals surface area (Å²) in [4.78, 5) is 4.31. The lowest BCUT2D eigenvalue weighted by Gasteiger charge is -2.14. The Morgan fingerprint density at radius 2 is 2.05 bits per heavy atom. The maximum Gasteiger partial charge on any atom is 0.169 e. The van der Waals surface area contributed by atoms with Crippen LogP contribution in [0.25, 0.3) is 0 Å². The fourth-order valence-corrected chi connectivity index (χ4v) is 1.95. The van der Waals surface area contributed by atoms with E-state index in [-0.39, 0.29) is 6.10 Å². The number of nitrogens with two attached hydrogens (primary N) is 1. The van der Waals surface area contributed by atoms with E-state index in [9.17, 15) is 0 Å². The predicted molar refractivity (Wildman–Crippen MR) is 84.7 cm³/mol. The van der Waals surface area contributed by atoms with E-state index in [4.69, 9.17) is 15.2 Å². The molecule has 3 N–H and O–H groups in total. The Kier molecular flexibility index (Phi) is 4.87. The van der Waals surface area contributed by atoms with Gasteiger partial charge in [0.1, 0.15) is 5.75 Å². The monoisotopic (exact) mass is 287 g/mol. The van der Waals surface area contributed by atoms with Gasteiger partial charge in [0.2, 0.25) is 0 Å². The van der Waals surface area contributed by atoms with Crippen molar-refractivity contribution in [1.29, 1.82) is 0 Å². The summed E-state index contributed by atoms with van der Waals surface area (Å²) >= 11 is 0. The molecule has 5 nitrogen and oxygen atoms in total. The number of rotatable bonds is 6. The Morgan fingerprint density at radius 1 is 1.24 bits per heavy atom. The fourth-order valence-electron chi connectivity index (χ4n) is 1.95. The molecule has 2 aromatic rings. The standard InChI is InChI=1S/C16H21N3O2/c1-11(2)21-15-5-4-8-18-16(15)19-10-12-6-7-14(20-3)13(17)9-12/h4-9,11H,10,17H2,1-3H3,(H,18,19). The minimum atomic E-state index is 0.103. The topological polar surface area (TPSA) is 69.4 Å². The lowest BCUT2D eigenvalue weighted by atomic mass is 10.2. The number of ether oxygens (including phenoxy) is 2. The molecule has 0 aliphatic rings. The first-order valence-electron chi connectivity index (χ1n) is 6.88. The summed E-state index contributed by atoms with van der Waals surface area (Å²) < 4.78 is 10.9. The smallest absolute Gasteiger partial charge is 0.169 e. The zero-order valence-corrected chi connectivity index (χ0v) is 12.6. The highest BCUT2D eigenvalue weighted by Gasteiger charge is 2.07. The molecule has 0 unspecified atom stereocenters. The van der Waals surface area contributed by atoms with Gasteiger partial charge in [-0.25, -0.2) is 4.98 Å². The molecule has 1 aromatic heterocycles. The first-order valence-corrected chi connectivity index (χ1v) is 6.88. The number of hydrogen-bond donors (Lipinski definition) is 2. The lowest BCUT2D eigenvalue weighted by molar-refractivity contribution is 0.243. The molecule has 0 atom stereocenters. The van der Waals surface area contributed by atoms with E-state index in [0.29, 0.717) is 18.0 Å². The Hall–Kier alpha value is -2.43. The number of aromatic nitrogens is 1.